The van der Waals surface area contributed by atoms with Gasteiger partial charge < -0.3 is 5.32 Å². The molecule has 1 saturated carbocycles. The van der Waals surface area contributed by atoms with E-state index in [9.17, 15) is 0 Å². The number of hydrogen-bond acceptors (Lipinski definition) is 3. The van der Waals surface area contributed by atoms with Crippen LogP contribution in [0.5, 0.6) is 0 Å². The van der Waals surface area contributed by atoms with Gasteiger partial charge in [-0.15, -0.1) is 0 Å². The zero-order valence-electron chi connectivity index (χ0n) is 11.5. The summed E-state index contributed by atoms with van der Waals surface area (Å²) in [5.74, 6) is 0. The lowest BCUT2D eigenvalue weighted by molar-refractivity contribution is 0.120. The molecule has 2 atom stereocenters. The smallest absolute Gasteiger partial charge is 0.0214 e. The molecule has 0 spiro atoms. The molecule has 3 heteroatoms. The van der Waals surface area contributed by atoms with Gasteiger partial charge in [0.25, 0.3) is 0 Å². The Hall–Kier alpha value is 0.270. The van der Waals surface area contributed by atoms with Crippen LogP contribution < -0.4 is 5.32 Å². The van der Waals surface area contributed by atoms with Crippen molar-refractivity contribution < 1.29 is 0 Å². The van der Waals surface area contributed by atoms with Gasteiger partial charge in [0.1, 0.15) is 0 Å². The van der Waals surface area contributed by atoms with E-state index in [-0.39, 0.29) is 0 Å². The molecule has 1 N–H and O–H groups in total. The van der Waals surface area contributed by atoms with Crippen LogP contribution in [0.2, 0.25) is 0 Å². The van der Waals surface area contributed by atoms with Gasteiger partial charge in [-0.1, -0.05) is 19.8 Å². The predicted octanol–water partition coefficient (Wildman–Crippen LogP) is 2.73. The third-order valence-electron chi connectivity index (χ3n) is 4.46. The maximum Gasteiger partial charge on any atom is 0.0214 e. The van der Waals surface area contributed by atoms with Crippen LogP contribution in [-0.4, -0.2) is 48.1 Å². The zero-order valence-corrected chi connectivity index (χ0v) is 12.3. The Morgan fingerprint density at radius 1 is 1.12 bits per heavy atom. The maximum absolute atomic E-state index is 3.60. The Balaban J connectivity index is 1.82. The minimum absolute atomic E-state index is 0.785. The number of thioether (sulfide) groups is 1. The molecule has 2 unspecified atom stereocenters. The highest BCUT2D eigenvalue weighted by atomic mass is 32.2. The molecule has 0 aromatic heterocycles. The van der Waals surface area contributed by atoms with E-state index in [1.807, 2.05) is 0 Å². The van der Waals surface area contributed by atoms with Crippen molar-refractivity contribution in [2.45, 2.75) is 62.8 Å². The summed E-state index contributed by atoms with van der Waals surface area (Å²) in [6, 6.07) is 1.66. The van der Waals surface area contributed by atoms with E-state index < -0.39 is 0 Å². The van der Waals surface area contributed by atoms with Crippen LogP contribution in [0.1, 0.15) is 45.4 Å². The lowest BCUT2D eigenvalue weighted by atomic mass is 9.91. The molecule has 100 valence electrons. The molecule has 0 amide bonds. The molecular weight excluding hydrogens is 228 g/mol. The van der Waals surface area contributed by atoms with Crippen molar-refractivity contribution in [3.8, 4) is 0 Å². The largest absolute Gasteiger partial charge is 0.314 e. The van der Waals surface area contributed by atoms with Gasteiger partial charge in [0.15, 0.2) is 0 Å². The van der Waals surface area contributed by atoms with Crippen molar-refractivity contribution >= 4 is 11.8 Å². The molecule has 2 fully saturated rings. The van der Waals surface area contributed by atoms with Crippen LogP contribution in [0, 0.1) is 0 Å². The molecule has 1 saturated heterocycles. The summed E-state index contributed by atoms with van der Waals surface area (Å²) in [4.78, 5) is 2.79. The van der Waals surface area contributed by atoms with E-state index in [1.165, 1.54) is 51.6 Å². The molecule has 1 aliphatic carbocycles. The SMILES string of the molecule is CCNC1CCN(C2CCCCC2SC)CC1. The predicted molar refractivity (Wildman–Crippen MR) is 77.8 cm³/mol. The Labute approximate surface area is 111 Å². The van der Waals surface area contributed by atoms with Gasteiger partial charge in [-0.05, 0) is 51.6 Å². The van der Waals surface area contributed by atoms with E-state index in [0.717, 1.165) is 23.9 Å². The van der Waals surface area contributed by atoms with Crippen LogP contribution >= 0.6 is 11.8 Å². The molecule has 0 bridgehead atoms. The molecular formula is C14H28N2S. The third-order valence-corrected chi connectivity index (χ3v) is 5.62. The first-order valence-electron chi connectivity index (χ1n) is 7.35. The minimum atomic E-state index is 0.785. The van der Waals surface area contributed by atoms with E-state index in [2.05, 4.69) is 35.2 Å². The van der Waals surface area contributed by atoms with Gasteiger partial charge in [-0.25, -0.2) is 0 Å². The molecule has 1 aliphatic heterocycles. The van der Waals surface area contributed by atoms with Crippen LogP contribution in [0.3, 0.4) is 0 Å². The first kappa shape index (κ1) is 13.7. The lowest BCUT2D eigenvalue weighted by Gasteiger charge is -2.43. The molecule has 0 aromatic carbocycles. The van der Waals surface area contributed by atoms with Crippen molar-refractivity contribution in [1.29, 1.82) is 0 Å². The molecule has 0 radical (unpaired) electrons. The summed E-state index contributed by atoms with van der Waals surface area (Å²) in [5, 5.41) is 4.50. The maximum atomic E-state index is 3.60. The second-order valence-electron chi connectivity index (χ2n) is 5.49. The van der Waals surface area contributed by atoms with Crippen LogP contribution in [0.15, 0.2) is 0 Å². The van der Waals surface area contributed by atoms with Gasteiger partial charge in [0, 0.05) is 17.3 Å². The third kappa shape index (κ3) is 3.62. The van der Waals surface area contributed by atoms with Crippen molar-refractivity contribution in [3.63, 3.8) is 0 Å². The standard InChI is InChI=1S/C14H28N2S/c1-3-15-12-8-10-16(11-9-12)13-6-4-5-7-14(13)17-2/h12-15H,3-11H2,1-2H3. The molecule has 0 aromatic rings. The molecule has 2 aliphatic rings. The highest BCUT2D eigenvalue weighted by molar-refractivity contribution is 7.99. The number of likely N-dealkylation sites (tertiary alicyclic amines) is 1. The highest BCUT2D eigenvalue weighted by Crippen LogP contribution is 2.32. The summed E-state index contributed by atoms with van der Waals surface area (Å²) >= 11 is 2.10. The average Bonchev–Trinajstić information content (AvgIpc) is 2.40. The van der Waals surface area contributed by atoms with E-state index in [0.29, 0.717) is 0 Å². The summed E-state index contributed by atoms with van der Waals surface area (Å²) in [5.41, 5.74) is 0. The number of nitrogens with one attached hydrogen (secondary N) is 1. The monoisotopic (exact) mass is 256 g/mol. The van der Waals surface area contributed by atoms with Crippen LogP contribution in [-0.2, 0) is 0 Å². The van der Waals surface area contributed by atoms with E-state index in [1.54, 1.807) is 0 Å². The van der Waals surface area contributed by atoms with Crippen molar-refractivity contribution in [2.75, 3.05) is 25.9 Å². The van der Waals surface area contributed by atoms with Gasteiger partial charge in [-0.3, -0.25) is 4.90 Å². The van der Waals surface area contributed by atoms with Gasteiger partial charge in [0.2, 0.25) is 0 Å². The van der Waals surface area contributed by atoms with Gasteiger partial charge in [0.05, 0.1) is 0 Å². The Bertz CT molecular complexity index is 214. The van der Waals surface area contributed by atoms with Crippen LogP contribution in [0.4, 0.5) is 0 Å². The second kappa shape index (κ2) is 7.01. The topological polar surface area (TPSA) is 15.3 Å². The van der Waals surface area contributed by atoms with E-state index >= 15 is 0 Å². The molecule has 17 heavy (non-hydrogen) atoms. The second-order valence-corrected chi connectivity index (χ2v) is 6.57. The van der Waals surface area contributed by atoms with Crippen LogP contribution in [0.25, 0.3) is 0 Å². The Morgan fingerprint density at radius 2 is 1.82 bits per heavy atom. The fraction of sp³-hybridized carbons (Fsp3) is 1.00. The van der Waals surface area contributed by atoms with Crippen molar-refractivity contribution in [2.24, 2.45) is 0 Å². The molecule has 2 rings (SSSR count). The zero-order chi connectivity index (χ0) is 12.1. The number of piperidine rings is 1. The number of nitrogens with zero attached hydrogens (tertiary/aromatic N) is 1. The fourth-order valence-electron chi connectivity index (χ4n) is 3.49. The first-order chi connectivity index (χ1) is 8.35. The van der Waals surface area contributed by atoms with Crippen molar-refractivity contribution in [3.05, 3.63) is 0 Å². The first-order valence-corrected chi connectivity index (χ1v) is 8.64. The highest BCUT2D eigenvalue weighted by Gasteiger charge is 2.31. The molecule has 1 heterocycles. The molecule has 2 nitrogen and oxygen atoms in total. The van der Waals surface area contributed by atoms with Gasteiger partial charge in [-0.2, -0.15) is 11.8 Å². The summed E-state index contributed by atoms with van der Waals surface area (Å²) in [6.07, 6.45) is 10.8. The number of rotatable bonds is 4. The van der Waals surface area contributed by atoms with E-state index in [4.69, 9.17) is 0 Å². The summed E-state index contributed by atoms with van der Waals surface area (Å²) < 4.78 is 0. The average molecular weight is 256 g/mol. The fourth-order valence-corrected chi connectivity index (χ4v) is 4.52. The minimum Gasteiger partial charge on any atom is -0.314 e. The van der Waals surface area contributed by atoms with Crippen molar-refractivity contribution in [1.82, 2.24) is 10.2 Å². The summed E-state index contributed by atoms with van der Waals surface area (Å²) in [6.45, 7) is 5.98. The lowest BCUT2D eigenvalue weighted by Crippen LogP contribution is -2.50. The Morgan fingerprint density at radius 3 is 2.47 bits per heavy atom. The normalized spacial score (nSPS) is 32.8. The summed E-state index contributed by atoms with van der Waals surface area (Å²) in [7, 11) is 0. The van der Waals surface area contributed by atoms with Gasteiger partial charge >= 0.3 is 0 Å². The Kier molecular flexibility index (Phi) is 5.64. The number of hydrogen-bond donors (Lipinski definition) is 1. The quantitative estimate of drug-likeness (QED) is 0.832.